The van der Waals surface area contributed by atoms with E-state index in [1.54, 1.807) is 18.5 Å². The quantitative estimate of drug-likeness (QED) is 0.817. The van der Waals surface area contributed by atoms with Crippen LogP contribution in [0.1, 0.15) is 10.4 Å². The van der Waals surface area contributed by atoms with Gasteiger partial charge in [0.25, 0.3) is 0 Å². The molecular formula is C10H10N2OS. The second-order valence-electron chi connectivity index (χ2n) is 2.95. The minimum atomic E-state index is 0.0866. The van der Waals surface area contributed by atoms with Crippen molar-refractivity contribution >= 4 is 11.3 Å². The van der Waals surface area contributed by atoms with E-state index in [0.717, 1.165) is 21.1 Å². The van der Waals surface area contributed by atoms with Crippen molar-refractivity contribution in [3.05, 3.63) is 35.0 Å². The number of thiophene rings is 1. The topological polar surface area (TPSA) is 46.0 Å². The van der Waals surface area contributed by atoms with Crippen molar-refractivity contribution in [1.29, 1.82) is 0 Å². The highest BCUT2D eigenvalue weighted by Crippen LogP contribution is 2.28. The maximum Gasteiger partial charge on any atom is 0.169 e. The Morgan fingerprint density at radius 3 is 2.64 bits per heavy atom. The summed E-state index contributed by atoms with van der Waals surface area (Å²) < 4.78 is 0. The molecule has 2 heterocycles. The van der Waals surface area contributed by atoms with Crippen LogP contribution < -0.4 is 0 Å². The number of aromatic nitrogens is 2. The molecule has 0 atom stereocenters. The van der Waals surface area contributed by atoms with Crippen molar-refractivity contribution < 1.29 is 5.11 Å². The van der Waals surface area contributed by atoms with Gasteiger partial charge in [-0.15, -0.1) is 11.3 Å². The molecule has 1 N–H and O–H groups in total. The Balaban J connectivity index is 2.43. The van der Waals surface area contributed by atoms with Crippen LogP contribution in [0.3, 0.4) is 0 Å². The molecule has 0 aliphatic carbocycles. The molecule has 0 radical (unpaired) electrons. The Hall–Kier alpha value is -1.26. The first-order valence-corrected chi connectivity index (χ1v) is 5.10. The Labute approximate surface area is 86.1 Å². The number of aryl methyl sites for hydroxylation is 1. The van der Waals surface area contributed by atoms with Crippen LogP contribution in [0, 0.1) is 6.92 Å². The summed E-state index contributed by atoms with van der Waals surface area (Å²) in [5, 5.41) is 9.05. The molecule has 2 aromatic heterocycles. The Bertz CT molecular complexity index is 425. The van der Waals surface area contributed by atoms with E-state index in [1.165, 1.54) is 11.3 Å². The first kappa shape index (κ1) is 9.30. The van der Waals surface area contributed by atoms with Gasteiger partial charge in [0, 0.05) is 17.3 Å². The van der Waals surface area contributed by atoms with E-state index < -0.39 is 0 Å². The minimum Gasteiger partial charge on any atom is -0.391 e. The highest BCUT2D eigenvalue weighted by molar-refractivity contribution is 7.15. The standard InChI is InChI=1S/C10H10N2OS/c1-7-5-8(14-9(7)6-13)10-11-3-2-4-12-10/h2-5,13H,6H2,1H3. The molecule has 0 spiro atoms. The SMILES string of the molecule is Cc1cc(-c2ncccn2)sc1CO. The number of rotatable bonds is 2. The lowest BCUT2D eigenvalue weighted by molar-refractivity contribution is 0.285. The van der Waals surface area contributed by atoms with E-state index in [2.05, 4.69) is 9.97 Å². The summed E-state index contributed by atoms with van der Waals surface area (Å²) in [5.74, 6) is 0.723. The predicted octanol–water partition coefficient (Wildman–Crippen LogP) is 2.01. The van der Waals surface area contributed by atoms with Crippen molar-refractivity contribution in [2.24, 2.45) is 0 Å². The van der Waals surface area contributed by atoms with Crippen LogP contribution >= 0.6 is 11.3 Å². The minimum absolute atomic E-state index is 0.0866. The Morgan fingerprint density at radius 1 is 1.36 bits per heavy atom. The average Bonchev–Trinajstić information content (AvgIpc) is 2.61. The third kappa shape index (κ3) is 1.66. The largest absolute Gasteiger partial charge is 0.391 e. The molecule has 0 saturated carbocycles. The number of hydrogen-bond acceptors (Lipinski definition) is 4. The maximum absolute atomic E-state index is 9.05. The lowest BCUT2D eigenvalue weighted by atomic mass is 10.3. The second kappa shape index (κ2) is 3.86. The predicted molar refractivity (Wildman–Crippen MR) is 56.0 cm³/mol. The van der Waals surface area contributed by atoms with E-state index in [-0.39, 0.29) is 6.61 Å². The normalized spacial score (nSPS) is 10.4. The van der Waals surface area contributed by atoms with E-state index in [1.807, 2.05) is 13.0 Å². The lowest BCUT2D eigenvalue weighted by Gasteiger charge is -1.91. The van der Waals surface area contributed by atoms with Gasteiger partial charge in [0.15, 0.2) is 5.82 Å². The van der Waals surface area contributed by atoms with E-state index in [9.17, 15) is 0 Å². The Morgan fingerprint density at radius 2 is 2.07 bits per heavy atom. The Kier molecular flexibility index (Phi) is 2.56. The fourth-order valence-electron chi connectivity index (χ4n) is 1.21. The van der Waals surface area contributed by atoms with Crippen LogP contribution in [0.5, 0.6) is 0 Å². The zero-order valence-corrected chi connectivity index (χ0v) is 8.58. The summed E-state index contributed by atoms with van der Waals surface area (Å²) in [4.78, 5) is 10.3. The molecule has 2 aromatic rings. The average molecular weight is 206 g/mol. The van der Waals surface area contributed by atoms with Crippen molar-refractivity contribution in [2.45, 2.75) is 13.5 Å². The van der Waals surface area contributed by atoms with Crippen LogP contribution in [0.2, 0.25) is 0 Å². The summed E-state index contributed by atoms with van der Waals surface area (Å²) in [6.07, 6.45) is 3.44. The second-order valence-corrected chi connectivity index (χ2v) is 4.08. The van der Waals surface area contributed by atoms with Gasteiger partial charge >= 0.3 is 0 Å². The maximum atomic E-state index is 9.05. The van der Waals surface area contributed by atoms with Crippen LogP contribution in [0.15, 0.2) is 24.5 Å². The first-order valence-electron chi connectivity index (χ1n) is 4.29. The van der Waals surface area contributed by atoms with Crippen molar-refractivity contribution in [2.75, 3.05) is 0 Å². The number of hydrogen-bond donors (Lipinski definition) is 1. The zero-order chi connectivity index (χ0) is 9.97. The molecule has 0 saturated heterocycles. The summed E-state index contributed by atoms with van der Waals surface area (Å²) in [6, 6.07) is 3.79. The number of aliphatic hydroxyl groups is 1. The molecule has 3 nitrogen and oxygen atoms in total. The first-order chi connectivity index (χ1) is 6.81. The van der Waals surface area contributed by atoms with Gasteiger partial charge in [-0.3, -0.25) is 0 Å². The highest BCUT2D eigenvalue weighted by atomic mass is 32.1. The van der Waals surface area contributed by atoms with Gasteiger partial charge in [0.1, 0.15) is 0 Å². The fraction of sp³-hybridized carbons (Fsp3) is 0.200. The molecule has 0 amide bonds. The summed E-state index contributed by atoms with van der Waals surface area (Å²) in [5.41, 5.74) is 1.10. The van der Waals surface area contributed by atoms with Crippen LogP contribution in [-0.2, 0) is 6.61 Å². The number of aliphatic hydroxyl groups excluding tert-OH is 1. The van der Waals surface area contributed by atoms with E-state index in [0.29, 0.717) is 0 Å². The number of nitrogens with zero attached hydrogens (tertiary/aromatic N) is 2. The van der Waals surface area contributed by atoms with E-state index >= 15 is 0 Å². The van der Waals surface area contributed by atoms with Crippen LogP contribution in [0.25, 0.3) is 10.7 Å². The van der Waals surface area contributed by atoms with Crippen molar-refractivity contribution in [3.8, 4) is 10.7 Å². The van der Waals surface area contributed by atoms with Gasteiger partial charge in [0.05, 0.1) is 11.5 Å². The molecule has 4 heteroatoms. The third-order valence-corrected chi connectivity index (χ3v) is 3.17. The van der Waals surface area contributed by atoms with Gasteiger partial charge in [-0.05, 0) is 24.6 Å². The third-order valence-electron chi connectivity index (χ3n) is 1.95. The van der Waals surface area contributed by atoms with E-state index in [4.69, 9.17) is 5.11 Å². The molecular weight excluding hydrogens is 196 g/mol. The van der Waals surface area contributed by atoms with Crippen molar-refractivity contribution in [1.82, 2.24) is 9.97 Å². The fourth-order valence-corrected chi connectivity index (χ4v) is 2.20. The highest BCUT2D eigenvalue weighted by Gasteiger charge is 2.07. The molecule has 14 heavy (non-hydrogen) atoms. The molecule has 0 bridgehead atoms. The molecule has 0 aliphatic heterocycles. The van der Waals surface area contributed by atoms with Gasteiger partial charge in [0.2, 0.25) is 0 Å². The summed E-state index contributed by atoms with van der Waals surface area (Å²) >= 11 is 1.54. The molecule has 72 valence electrons. The molecule has 0 unspecified atom stereocenters. The summed E-state index contributed by atoms with van der Waals surface area (Å²) in [6.45, 7) is 2.07. The lowest BCUT2D eigenvalue weighted by Crippen LogP contribution is -1.82. The van der Waals surface area contributed by atoms with Crippen LogP contribution in [-0.4, -0.2) is 15.1 Å². The molecule has 0 aliphatic rings. The van der Waals surface area contributed by atoms with Crippen molar-refractivity contribution in [3.63, 3.8) is 0 Å². The monoisotopic (exact) mass is 206 g/mol. The molecule has 0 aromatic carbocycles. The van der Waals surface area contributed by atoms with Gasteiger partial charge in [-0.25, -0.2) is 9.97 Å². The molecule has 0 fully saturated rings. The smallest absolute Gasteiger partial charge is 0.169 e. The van der Waals surface area contributed by atoms with Gasteiger partial charge < -0.3 is 5.11 Å². The van der Waals surface area contributed by atoms with Gasteiger partial charge in [-0.1, -0.05) is 0 Å². The summed E-state index contributed by atoms with van der Waals surface area (Å²) in [7, 11) is 0. The molecule has 2 rings (SSSR count). The zero-order valence-electron chi connectivity index (χ0n) is 7.77. The van der Waals surface area contributed by atoms with Gasteiger partial charge in [-0.2, -0.15) is 0 Å². The van der Waals surface area contributed by atoms with Crippen LogP contribution in [0.4, 0.5) is 0 Å².